The number of ether oxygens (including phenoxy) is 1. The van der Waals surface area contributed by atoms with E-state index in [9.17, 15) is 12.8 Å². The van der Waals surface area contributed by atoms with Gasteiger partial charge in [0.25, 0.3) is 10.0 Å². The monoisotopic (exact) mass is 332 g/mol. The summed E-state index contributed by atoms with van der Waals surface area (Å²) in [5, 5.41) is 0.791. The highest BCUT2D eigenvalue weighted by molar-refractivity contribution is 7.92. The van der Waals surface area contributed by atoms with Gasteiger partial charge in [0.05, 0.1) is 18.3 Å². The number of aromatic nitrogens is 1. The van der Waals surface area contributed by atoms with Crippen molar-refractivity contribution in [3.8, 4) is 5.75 Å². The van der Waals surface area contributed by atoms with Crippen LogP contribution in [0.5, 0.6) is 5.75 Å². The number of halogens is 1. The maximum Gasteiger partial charge on any atom is 0.265 e. The van der Waals surface area contributed by atoms with Gasteiger partial charge in [-0.25, -0.2) is 12.8 Å². The van der Waals surface area contributed by atoms with Gasteiger partial charge in [0.2, 0.25) is 0 Å². The van der Waals surface area contributed by atoms with E-state index in [1.54, 1.807) is 24.4 Å². The number of nitrogens with zero attached hydrogens (tertiary/aromatic N) is 1. The zero-order chi connectivity index (χ0) is 16.4. The van der Waals surface area contributed by atoms with Crippen LogP contribution in [0, 0.1) is 5.82 Å². The summed E-state index contributed by atoms with van der Waals surface area (Å²) in [7, 11) is -2.70. The molecule has 0 amide bonds. The zero-order valence-electron chi connectivity index (χ0n) is 12.2. The van der Waals surface area contributed by atoms with E-state index >= 15 is 0 Å². The van der Waals surface area contributed by atoms with E-state index in [1.807, 2.05) is 12.1 Å². The van der Waals surface area contributed by atoms with Gasteiger partial charge in [-0.3, -0.25) is 9.71 Å². The van der Waals surface area contributed by atoms with Crippen molar-refractivity contribution in [2.75, 3.05) is 11.8 Å². The number of methoxy groups -OCH3 is 1. The molecule has 1 N–H and O–H groups in total. The number of anilines is 1. The molecular formula is C16H13FN2O3S. The van der Waals surface area contributed by atoms with Gasteiger partial charge in [0.15, 0.2) is 0 Å². The molecule has 0 saturated heterocycles. The van der Waals surface area contributed by atoms with E-state index in [2.05, 4.69) is 9.71 Å². The first kappa shape index (κ1) is 15.2. The highest BCUT2D eigenvalue weighted by Gasteiger charge is 2.21. The number of hydrogen-bond donors (Lipinski definition) is 1. The Bertz CT molecular complexity index is 969. The Hall–Kier alpha value is -2.67. The van der Waals surface area contributed by atoms with E-state index in [-0.39, 0.29) is 10.6 Å². The van der Waals surface area contributed by atoms with Crippen LogP contribution in [0.15, 0.2) is 59.6 Å². The summed E-state index contributed by atoms with van der Waals surface area (Å²) in [6.45, 7) is 0. The average Bonchev–Trinajstić information content (AvgIpc) is 2.55. The third-order valence-corrected chi connectivity index (χ3v) is 4.68. The maximum atomic E-state index is 13.4. The van der Waals surface area contributed by atoms with E-state index < -0.39 is 15.8 Å². The van der Waals surface area contributed by atoms with E-state index in [0.717, 1.165) is 17.5 Å². The Morgan fingerprint density at radius 3 is 2.70 bits per heavy atom. The van der Waals surface area contributed by atoms with Gasteiger partial charge >= 0.3 is 0 Å². The highest BCUT2D eigenvalue weighted by Crippen LogP contribution is 2.28. The van der Waals surface area contributed by atoms with Crippen LogP contribution in [-0.2, 0) is 10.0 Å². The van der Waals surface area contributed by atoms with Gasteiger partial charge in [0, 0.05) is 11.6 Å². The molecule has 0 aliphatic rings. The number of sulfonamides is 1. The van der Waals surface area contributed by atoms with Gasteiger partial charge < -0.3 is 4.74 Å². The lowest BCUT2D eigenvalue weighted by molar-refractivity contribution is 0.401. The number of fused-ring (bicyclic) bond motifs is 1. The number of pyridine rings is 1. The fourth-order valence-electron chi connectivity index (χ4n) is 2.25. The van der Waals surface area contributed by atoms with Crippen LogP contribution < -0.4 is 9.46 Å². The van der Waals surface area contributed by atoms with Crippen LogP contribution in [0.3, 0.4) is 0 Å². The van der Waals surface area contributed by atoms with Crippen LogP contribution in [0.1, 0.15) is 0 Å². The minimum atomic E-state index is -4.03. The lowest BCUT2D eigenvalue weighted by atomic mass is 10.2. The smallest absolute Gasteiger partial charge is 0.265 e. The Balaban J connectivity index is 2.09. The largest absolute Gasteiger partial charge is 0.495 e. The van der Waals surface area contributed by atoms with Gasteiger partial charge in [0.1, 0.15) is 16.5 Å². The van der Waals surface area contributed by atoms with Crippen LogP contribution in [0.2, 0.25) is 0 Å². The van der Waals surface area contributed by atoms with Gasteiger partial charge in [-0.2, -0.15) is 0 Å². The second-order valence-electron chi connectivity index (χ2n) is 4.78. The Kier molecular flexibility index (Phi) is 3.87. The van der Waals surface area contributed by atoms with Crippen molar-refractivity contribution in [3.63, 3.8) is 0 Å². The quantitative estimate of drug-likeness (QED) is 0.797. The molecule has 0 spiro atoms. The maximum absolute atomic E-state index is 13.4. The third kappa shape index (κ3) is 2.95. The predicted octanol–water partition coefficient (Wildman–Crippen LogP) is 3.18. The molecule has 0 bridgehead atoms. The van der Waals surface area contributed by atoms with Crippen molar-refractivity contribution in [2.45, 2.75) is 4.90 Å². The average molecular weight is 332 g/mol. The molecule has 0 aliphatic heterocycles. The zero-order valence-corrected chi connectivity index (χ0v) is 13.0. The molecule has 5 nitrogen and oxygen atoms in total. The number of benzene rings is 2. The number of rotatable bonds is 4. The van der Waals surface area contributed by atoms with Crippen LogP contribution in [0.4, 0.5) is 10.1 Å². The number of para-hydroxylation sites is 1. The lowest BCUT2D eigenvalue weighted by Crippen LogP contribution is -2.14. The molecule has 1 aromatic heterocycles. The molecule has 118 valence electrons. The standard InChI is InChI=1S/C16H13FN2O3S/c1-22-14-8-7-12(17)10-15(14)23(20,21)19-13-6-2-4-11-5-3-9-18-16(11)13/h2-10,19H,1H3. The van der Waals surface area contributed by atoms with Crippen molar-refractivity contribution in [1.82, 2.24) is 4.98 Å². The first-order chi connectivity index (χ1) is 11.0. The Morgan fingerprint density at radius 2 is 1.91 bits per heavy atom. The summed E-state index contributed by atoms with van der Waals surface area (Å²) in [6, 6.07) is 12.0. The molecule has 0 atom stereocenters. The highest BCUT2D eigenvalue weighted by atomic mass is 32.2. The van der Waals surface area contributed by atoms with Crippen molar-refractivity contribution in [3.05, 3.63) is 60.5 Å². The molecule has 0 fully saturated rings. The van der Waals surface area contributed by atoms with Crippen molar-refractivity contribution in [1.29, 1.82) is 0 Å². The van der Waals surface area contributed by atoms with Crippen molar-refractivity contribution in [2.24, 2.45) is 0 Å². The molecular weight excluding hydrogens is 319 g/mol. The molecule has 0 unspecified atom stereocenters. The fraction of sp³-hybridized carbons (Fsp3) is 0.0625. The third-order valence-electron chi connectivity index (χ3n) is 3.29. The normalized spacial score (nSPS) is 11.4. The first-order valence-corrected chi connectivity index (χ1v) is 8.20. The first-order valence-electron chi connectivity index (χ1n) is 6.71. The minimum Gasteiger partial charge on any atom is -0.495 e. The summed E-state index contributed by atoms with van der Waals surface area (Å²) < 4.78 is 46.1. The number of hydrogen-bond acceptors (Lipinski definition) is 4. The molecule has 3 rings (SSSR count). The molecule has 0 aliphatic carbocycles. The molecule has 1 heterocycles. The Morgan fingerprint density at radius 1 is 1.13 bits per heavy atom. The predicted molar refractivity (Wildman–Crippen MR) is 85.5 cm³/mol. The molecule has 0 saturated carbocycles. The lowest BCUT2D eigenvalue weighted by Gasteiger charge is -2.12. The summed E-state index contributed by atoms with van der Waals surface area (Å²) in [5.74, 6) is -0.602. The number of nitrogens with one attached hydrogen (secondary N) is 1. The molecule has 2 aromatic carbocycles. The SMILES string of the molecule is COc1ccc(F)cc1S(=O)(=O)Nc1cccc2cccnc12. The summed E-state index contributed by atoms with van der Waals surface area (Å²) >= 11 is 0. The van der Waals surface area contributed by atoms with Crippen LogP contribution >= 0.6 is 0 Å². The van der Waals surface area contributed by atoms with E-state index in [4.69, 9.17) is 4.74 Å². The van der Waals surface area contributed by atoms with E-state index in [0.29, 0.717) is 11.2 Å². The fourth-order valence-corrected chi connectivity index (χ4v) is 3.50. The second kappa shape index (κ2) is 5.85. The van der Waals surface area contributed by atoms with Crippen LogP contribution in [-0.4, -0.2) is 20.5 Å². The minimum absolute atomic E-state index is 0.0621. The van der Waals surface area contributed by atoms with Gasteiger partial charge in [-0.05, 0) is 30.3 Å². The molecule has 7 heteroatoms. The van der Waals surface area contributed by atoms with Gasteiger partial charge in [-0.15, -0.1) is 0 Å². The summed E-state index contributed by atoms with van der Waals surface area (Å²) in [5.41, 5.74) is 0.823. The topological polar surface area (TPSA) is 68.3 Å². The molecule has 3 aromatic rings. The van der Waals surface area contributed by atoms with Gasteiger partial charge in [-0.1, -0.05) is 18.2 Å². The summed E-state index contributed by atoms with van der Waals surface area (Å²) in [6.07, 6.45) is 1.57. The molecule has 23 heavy (non-hydrogen) atoms. The second-order valence-corrected chi connectivity index (χ2v) is 6.43. The Labute approximate surface area is 132 Å². The van der Waals surface area contributed by atoms with Crippen molar-refractivity contribution < 1.29 is 17.5 Å². The van der Waals surface area contributed by atoms with E-state index in [1.165, 1.54) is 13.2 Å². The molecule has 0 radical (unpaired) electrons. The van der Waals surface area contributed by atoms with Crippen molar-refractivity contribution >= 4 is 26.6 Å². The van der Waals surface area contributed by atoms with Crippen LogP contribution in [0.25, 0.3) is 10.9 Å². The summed E-state index contributed by atoms with van der Waals surface area (Å²) in [4.78, 5) is 3.92.